The minimum absolute atomic E-state index is 0.00453. The molecule has 0 atom stereocenters. The summed E-state index contributed by atoms with van der Waals surface area (Å²) in [5, 5.41) is 8.68. The third-order valence-electron chi connectivity index (χ3n) is 12.3. The van der Waals surface area contributed by atoms with Crippen LogP contribution in [0.1, 0.15) is 52.7 Å². The Kier molecular flexibility index (Phi) is 9.03. The Morgan fingerprint density at radius 2 is 0.800 bits per heavy atom. The molecular weight excluding hydrogens is 723 g/mol. The molecule has 60 heavy (non-hydrogen) atoms. The van der Waals surface area contributed by atoms with Crippen LogP contribution >= 0.6 is 0 Å². The first-order valence-corrected chi connectivity index (χ1v) is 21.2. The molecule has 0 N–H and O–H groups in total. The third-order valence-corrected chi connectivity index (χ3v) is 12.3. The van der Waals surface area contributed by atoms with Gasteiger partial charge in [0.15, 0.2) is 0 Å². The summed E-state index contributed by atoms with van der Waals surface area (Å²) in [6.45, 7) is 13.8. The molecule has 0 aliphatic heterocycles. The van der Waals surface area contributed by atoms with E-state index in [2.05, 4.69) is 230 Å². The minimum Gasteiger partial charge on any atom is -0.247 e. The lowest BCUT2D eigenvalue weighted by molar-refractivity contribution is 0.569. The predicted octanol–water partition coefficient (Wildman–Crippen LogP) is 16.6. The average Bonchev–Trinajstić information content (AvgIpc) is 3.27. The van der Waals surface area contributed by atoms with Crippen LogP contribution in [0.2, 0.25) is 0 Å². The monoisotopic (exact) mass is 771 g/mol. The number of pyridine rings is 1. The molecule has 0 saturated heterocycles. The van der Waals surface area contributed by atoms with Gasteiger partial charge in [-0.3, -0.25) is 0 Å². The summed E-state index contributed by atoms with van der Waals surface area (Å²) >= 11 is 0. The van der Waals surface area contributed by atoms with Crippen LogP contribution in [0.3, 0.4) is 0 Å². The minimum atomic E-state index is -0.00453. The zero-order valence-corrected chi connectivity index (χ0v) is 35.3. The number of rotatable bonds is 5. The average molecular weight is 772 g/mol. The maximum Gasteiger partial charge on any atom is 0.0794 e. The molecule has 0 aliphatic carbocycles. The van der Waals surface area contributed by atoms with Gasteiger partial charge in [-0.1, -0.05) is 205 Å². The molecule has 0 unspecified atom stereocenters. The third kappa shape index (κ3) is 6.65. The molecule has 0 bridgehead atoms. The summed E-state index contributed by atoms with van der Waals surface area (Å²) in [5.41, 5.74) is 15.4. The number of fused-ring (bicyclic) bond motifs is 4. The van der Waals surface area contributed by atoms with Gasteiger partial charge in [0.05, 0.1) is 11.2 Å². The van der Waals surface area contributed by atoms with E-state index in [1.54, 1.807) is 0 Å². The van der Waals surface area contributed by atoms with Crippen LogP contribution < -0.4 is 0 Å². The summed E-state index contributed by atoms with van der Waals surface area (Å²) in [6, 6.07) is 69.4. The van der Waals surface area contributed by atoms with E-state index in [-0.39, 0.29) is 10.8 Å². The van der Waals surface area contributed by atoms with Crippen LogP contribution in [0.4, 0.5) is 0 Å². The lowest BCUT2D eigenvalue weighted by Gasteiger charge is -2.26. The highest BCUT2D eigenvalue weighted by molar-refractivity contribution is 6.21. The standard InChI is InChI=1S/C59H49N/c1-58(2,3)45-34-44(35-46(36-45)59(4,5)6)54-37-53(39-18-8-7-9-19-39)52-26-16-25-47(57(52)60-54)40-28-30-41(31-29-40)55-48-21-12-14-23-50(48)56(51-24-15-13-22-49(51)55)43-32-27-38-17-10-11-20-42(38)33-43/h7-37H,1-6H3. The molecule has 1 heteroatoms. The highest BCUT2D eigenvalue weighted by Crippen LogP contribution is 2.45. The second-order valence-corrected chi connectivity index (χ2v) is 18.4. The highest BCUT2D eigenvalue weighted by atomic mass is 14.7. The lowest BCUT2D eigenvalue weighted by Crippen LogP contribution is -2.16. The topological polar surface area (TPSA) is 12.9 Å². The SMILES string of the molecule is CC(C)(C)c1cc(-c2cc(-c3ccccc3)c3cccc(-c4ccc(-c5c6ccccc6c(-c6ccc7ccccc7c6)c6ccccc56)cc4)c3n2)cc(C(C)(C)C)c1. The Morgan fingerprint density at radius 3 is 1.40 bits per heavy atom. The van der Waals surface area contributed by atoms with Gasteiger partial charge in [-0.15, -0.1) is 0 Å². The van der Waals surface area contributed by atoms with Crippen molar-refractivity contribution in [3.05, 3.63) is 199 Å². The zero-order valence-electron chi connectivity index (χ0n) is 35.3. The molecule has 1 nitrogen and oxygen atoms in total. The number of aromatic nitrogens is 1. The second-order valence-electron chi connectivity index (χ2n) is 18.4. The van der Waals surface area contributed by atoms with Crippen molar-refractivity contribution in [2.45, 2.75) is 52.4 Å². The van der Waals surface area contributed by atoms with Crippen molar-refractivity contribution in [1.29, 1.82) is 0 Å². The van der Waals surface area contributed by atoms with Gasteiger partial charge >= 0.3 is 0 Å². The quantitative estimate of drug-likeness (QED) is 0.159. The Labute approximate surface area is 354 Å². The summed E-state index contributed by atoms with van der Waals surface area (Å²) in [4.78, 5) is 5.57. The van der Waals surface area contributed by atoms with Crippen LogP contribution in [-0.4, -0.2) is 4.98 Å². The Balaban J connectivity index is 1.15. The summed E-state index contributed by atoms with van der Waals surface area (Å²) in [6.07, 6.45) is 0. The molecule has 0 amide bonds. The van der Waals surface area contributed by atoms with Crippen molar-refractivity contribution in [2.24, 2.45) is 0 Å². The van der Waals surface area contributed by atoms with Crippen LogP contribution in [0.15, 0.2) is 188 Å². The van der Waals surface area contributed by atoms with Crippen LogP contribution in [0.25, 0.3) is 99.0 Å². The molecule has 0 spiro atoms. The van der Waals surface area contributed by atoms with E-state index in [0.717, 1.165) is 33.3 Å². The first-order valence-electron chi connectivity index (χ1n) is 21.2. The number of nitrogens with zero attached hydrogens (tertiary/aromatic N) is 1. The lowest BCUT2D eigenvalue weighted by atomic mass is 9.79. The van der Waals surface area contributed by atoms with Gasteiger partial charge in [-0.25, -0.2) is 4.98 Å². The molecule has 10 aromatic rings. The highest BCUT2D eigenvalue weighted by Gasteiger charge is 2.23. The molecule has 290 valence electrons. The van der Waals surface area contributed by atoms with Crippen LogP contribution in [-0.2, 0) is 10.8 Å². The molecule has 10 rings (SSSR count). The molecule has 1 heterocycles. The van der Waals surface area contributed by atoms with E-state index in [1.807, 2.05) is 0 Å². The predicted molar refractivity (Wildman–Crippen MR) is 259 cm³/mol. The normalized spacial score (nSPS) is 12.2. The number of para-hydroxylation sites is 1. The zero-order chi connectivity index (χ0) is 41.2. The van der Waals surface area contributed by atoms with Crippen molar-refractivity contribution in [3.8, 4) is 55.8 Å². The van der Waals surface area contributed by atoms with Crippen LogP contribution in [0, 0.1) is 0 Å². The van der Waals surface area contributed by atoms with E-state index >= 15 is 0 Å². The molecule has 9 aromatic carbocycles. The summed E-state index contributed by atoms with van der Waals surface area (Å²) < 4.78 is 0. The van der Waals surface area contributed by atoms with Gasteiger partial charge in [0.2, 0.25) is 0 Å². The first kappa shape index (κ1) is 37.4. The largest absolute Gasteiger partial charge is 0.247 e. The molecule has 0 radical (unpaired) electrons. The molecule has 1 aromatic heterocycles. The van der Waals surface area contributed by atoms with Gasteiger partial charge in [0.25, 0.3) is 0 Å². The van der Waals surface area contributed by atoms with Crippen molar-refractivity contribution < 1.29 is 0 Å². The fraction of sp³-hybridized carbons (Fsp3) is 0.136. The van der Waals surface area contributed by atoms with E-state index in [4.69, 9.17) is 4.98 Å². The maximum atomic E-state index is 5.57. The van der Waals surface area contributed by atoms with E-state index < -0.39 is 0 Å². The number of hydrogen-bond donors (Lipinski definition) is 0. The summed E-state index contributed by atoms with van der Waals surface area (Å²) in [7, 11) is 0. The summed E-state index contributed by atoms with van der Waals surface area (Å²) in [5.74, 6) is 0. The number of hydrogen-bond acceptors (Lipinski definition) is 1. The maximum absolute atomic E-state index is 5.57. The van der Waals surface area contributed by atoms with Gasteiger partial charge in [-0.2, -0.15) is 0 Å². The van der Waals surface area contributed by atoms with Gasteiger partial charge in [0, 0.05) is 16.5 Å². The van der Waals surface area contributed by atoms with Gasteiger partial charge in [0.1, 0.15) is 0 Å². The first-order chi connectivity index (χ1) is 29.0. The number of benzene rings is 9. The molecule has 0 aliphatic rings. The van der Waals surface area contributed by atoms with Crippen molar-refractivity contribution in [1.82, 2.24) is 4.98 Å². The fourth-order valence-electron chi connectivity index (χ4n) is 9.04. The van der Waals surface area contributed by atoms with Gasteiger partial charge < -0.3 is 0 Å². The van der Waals surface area contributed by atoms with Crippen molar-refractivity contribution >= 4 is 43.2 Å². The second kappa shape index (κ2) is 14.5. The van der Waals surface area contributed by atoms with E-state index in [9.17, 15) is 0 Å². The van der Waals surface area contributed by atoms with Crippen LogP contribution in [0.5, 0.6) is 0 Å². The Bertz CT molecular complexity index is 3160. The Hall–Kier alpha value is -6.83. The fourth-order valence-corrected chi connectivity index (χ4v) is 9.04. The van der Waals surface area contributed by atoms with E-state index in [1.165, 1.54) is 76.8 Å². The van der Waals surface area contributed by atoms with Gasteiger partial charge in [-0.05, 0) is 117 Å². The van der Waals surface area contributed by atoms with E-state index in [0.29, 0.717) is 0 Å². The van der Waals surface area contributed by atoms with Crippen molar-refractivity contribution in [2.75, 3.05) is 0 Å². The molecular formula is C59H49N. The molecule has 0 fully saturated rings. The molecule has 0 saturated carbocycles. The smallest absolute Gasteiger partial charge is 0.0794 e. The Morgan fingerprint density at radius 1 is 0.317 bits per heavy atom. The van der Waals surface area contributed by atoms with Crippen molar-refractivity contribution in [3.63, 3.8) is 0 Å².